The highest BCUT2D eigenvalue weighted by Gasteiger charge is 2.13. The van der Waals surface area contributed by atoms with Gasteiger partial charge in [-0.05, 0) is 18.1 Å². The lowest BCUT2D eigenvalue weighted by molar-refractivity contribution is -0.131. The molecule has 0 aliphatic heterocycles. The molecule has 0 radical (unpaired) electrons. The van der Waals surface area contributed by atoms with E-state index in [4.69, 9.17) is 26.2 Å². The number of ether oxygens (including phenoxy) is 2. The van der Waals surface area contributed by atoms with Gasteiger partial charge < -0.3 is 14.6 Å². The summed E-state index contributed by atoms with van der Waals surface area (Å²) in [6, 6.07) is 3.29. The standard InChI is InChI=1S/C13H15ClO4/c1-4-8(5-13(15)16)9-6-11(17-2)12(18-3)7-10(9)14/h5-7H,4H2,1-3H3,(H,15,16)/b8-5+. The maximum atomic E-state index is 10.8. The molecule has 4 nitrogen and oxygen atoms in total. The fourth-order valence-corrected chi connectivity index (χ4v) is 1.89. The lowest BCUT2D eigenvalue weighted by Gasteiger charge is -2.13. The van der Waals surface area contributed by atoms with E-state index < -0.39 is 5.97 Å². The predicted octanol–water partition coefficient (Wildman–Crippen LogP) is 3.24. The first-order chi connectivity index (χ1) is 8.53. The third-order valence-electron chi connectivity index (χ3n) is 2.50. The van der Waals surface area contributed by atoms with Crippen molar-refractivity contribution in [1.82, 2.24) is 0 Å². The third-order valence-corrected chi connectivity index (χ3v) is 2.81. The Hall–Kier alpha value is -1.68. The van der Waals surface area contributed by atoms with Gasteiger partial charge >= 0.3 is 5.97 Å². The predicted molar refractivity (Wildman–Crippen MR) is 70.5 cm³/mol. The quantitative estimate of drug-likeness (QED) is 0.835. The maximum Gasteiger partial charge on any atom is 0.328 e. The van der Waals surface area contributed by atoms with E-state index in [1.54, 1.807) is 12.1 Å². The van der Waals surface area contributed by atoms with Crippen molar-refractivity contribution in [3.63, 3.8) is 0 Å². The van der Waals surface area contributed by atoms with Crippen LogP contribution in [0.4, 0.5) is 0 Å². The van der Waals surface area contributed by atoms with Gasteiger partial charge in [-0.1, -0.05) is 18.5 Å². The Bertz CT molecular complexity index is 480. The van der Waals surface area contributed by atoms with E-state index in [2.05, 4.69) is 0 Å². The Labute approximate surface area is 111 Å². The van der Waals surface area contributed by atoms with E-state index in [9.17, 15) is 4.79 Å². The molecule has 0 aliphatic carbocycles. The lowest BCUT2D eigenvalue weighted by Crippen LogP contribution is -1.96. The number of carbonyl (C=O) groups is 1. The van der Waals surface area contributed by atoms with Crippen molar-refractivity contribution in [2.75, 3.05) is 14.2 Å². The minimum Gasteiger partial charge on any atom is -0.493 e. The van der Waals surface area contributed by atoms with Crippen LogP contribution in [-0.2, 0) is 4.79 Å². The molecule has 1 rings (SSSR count). The molecule has 5 heteroatoms. The number of allylic oxidation sites excluding steroid dienone is 1. The van der Waals surface area contributed by atoms with Crippen LogP contribution in [-0.4, -0.2) is 25.3 Å². The molecule has 1 aromatic carbocycles. The zero-order chi connectivity index (χ0) is 13.7. The van der Waals surface area contributed by atoms with E-state index in [0.717, 1.165) is 6.08 Å². The van der Waals surface area contributed by atoms with Crippen molar-refractivity contribution >= 4 is 23.1 Å². The van der Waals surface area contributed by atoms with Gasteiger partial charge in [-0.2, -0.15) is 0 Å². The van der Waals surface area contributed by atoms with Crippen LogP contribution in [0.15, 0.2) is 18.2 Å². The summed E-state index contributed by atoms with van der Waals surface area (Å²) in [5, 5.41) is 9.25. The molecule has 0 bridgehead atoms. The summed E-state index contributed by atoms with van der Waals surface area (Å²) >= 11 is 6.12. The Morgan fingerprint density at radius 1 is 1.33 bits per heavy atom. The molecule has 98 valence electrons. The zero-order valence-corrected chi connectivity index (χ0v) is 11.2. The van der Waals surface area contributed by atoms with Gasteiger partial charge in [-0.15, -0.1) is 0 Å². The monoisotopic (exact) mass is 270 g/mol. The molecule has 0 unspecified atom stereocenters. The summed E-state index contributed by atoms with van der Waals surface area (Å²) < 4.78 is 10.3. The van der Waals surface area contributed by atoms with Gasteiger partial charge in [0.05, 0.1) is 19.2 Å². The lowest BCUT2D eigenvalue weighted by atomic mass is 10.0. The van der Waals surface area contributed by atoms with Crippen LogP contribution in [0, 0.1) is 0 Å². The maximum absolute atomic E-state index is 10.8. The third kappa shape index (κ3) is 3.17. The second kappa shape index (κ2) is 6.31. The number of halogens is 1. The molecule has 18 heavy (non-hydrogen) atoms. The van der Waals surface area contributed by atoms with Gasteiger partial charge in [-0.3, -0.25) is 0 Å². The summed E-state index contributed by atoms with van der Waals surface area (Å²) in [6.07, 6.45) is 1.70. The molecular weight excluding hydrogens is 256 g/mol. The van der Waals surface area contributed by atoms with Crippen LogP contribution in [0.2, 0.25) is 5.02 Å². The highest BCUT2D eigenvalue weighted by Crippen LogP contribution is 2.36. The van der Waals surface area contributed by atoms with Gasteiger partial charge in [0.1, 0.15) is 0 Å². The Balaban J connectivity index is 3.36. The van der Waals surface area contributed by atoms with Crippen molar-refractivity contribution in [3.8, 4) is 11.5 Å². The van der Waals surface area contributed by atoms with Crippen molar-refractivity contribution in [2.24, 2.45) is 0 Å². The van der Waals surface area contributed by atoms with Gasteiger partial charge in [0.2, 0.25) is 0 Å². The Morgan fingerprint density at radius 2 is 1.89 bits per heavy atom. The first kappa shape index (κ1) is 14.4. The van der Waals surface area contributed by atoms with E-state index in [1.165, 1.54) is 14.2 Å². The van der Waals surface area contributed by atoms with Crippen LogP contribution < -0.4 is 9.47 Å². The largest absolute Gasteiger partial charge is 0.493 e. The summed E-state index contributed by atoms with van der Waals surface area (Å²) in [5.74, 6) is 0.0244. The SMILES string of the molecule is CC/C(=C\C(=O)O)c1cc(OC)c(OC)cc1Cl. The number of carboxylic acid groups (broad SMARTS) is 1. The molecule has 0 aliphatic rings. The normalized spacial score (nSPS) is 11.2. The Morgan fingerprint density at radius 3 is 2.33 bits per heavy atom. The summed E-state index contributed by atoms with van der Waals surface area (Å²) in [5.41, 5.74) is 1.27. The van der Waals surface area contributed by atoms with Gasteiger partial charge in [0.25, 0.3) is 0 Å². The van der Waals surface area contributed by atoms with Crippen LogP contribution >= 0.6 is 11.6 Å². The molecule has 0 aromatic heterocycles. The van der Waals surface area contributed by atoms with Gasteiger partial charge in [-0.25, -0.2) is 4.79 Å². The van der Waals surface area contributed by atoms with E-state index >= 15 is 0 Å². The molecule has 1 aromatic rings. The number of methoxy groups -OCH3 is 2. The highest BCUT2D eigenvalue weighted by molar-refractivity contribution is 6.32. The Kier molecular flexibility index (Phi) is 5.04. The highest BCUT2D eigenvalue weighted by atomic mass is 35.5. The van der Waals surface area contributed by atoms with Crippen LogP contribution in [0.25, 0.3) is 5.57 Å². The van der Waals surface area contributed by atoms with E-state index in [-0.39, 0.29) is 0 Å². The second-order valence-corrected chi connectivity index (χ2v) is 3.96. The van der Waals surface area contributed by atoms with E-state index in [1.807, 2.05) is 6.92 Å². The second-order valence-electron chi connectivity index (χ2n) is 3.55. The smallest absolute Gasteiger partial charge is 0.328 e. The number of carboxylic acids is 1. The molecule has 0 saturated carbocycles. The van der Waals surface area contributed by atoms with Gasteiger partial charge in [0.15, 0.2) is 11.5 Å². The van der Waals surface area contributed by atoms with Crippen LogP contribution in [0.3, 0.4) is 0 Å². The minimum absolute atomic E-state index is 0.432. The molecule has 0 atom stereocenters. The van der Waals surface area contributed by atoms with Gasteiger partial charge in [0, 0.05) is 17.7 Å². The number of hydrogen-bond acceptors (Lipinski definition) is 3. The fraction of sp³-hybridized carbons (Fsp3) is 0.308. The molecule has 0 saturated heterocycles. The number of hydrogen-bond donors (Lipinski definition) is 1. The summed E-state index contributed by atoms with van der Waals surface area (Å²) in [4.78, 5) is 10.8. The fourth-order valence-electron chi connectivity index (χ4n) is 1.62. The molecule has 0 heterocycles. The van der Waals surface area contributed by atoms with Crippen LogP contribution in [0.5, 0.6) is 11.5 Å². The number of aliphatic carboxylic acids is 1. The first-order valence-electron chi connectivity index (χ1n) is 5.38. The summed E-state index contributed by atoms with van der Waals surface area (Å²) in [7, 11) is 3.03. The van der Waals surface area contributed by atoms with Crippen molar-refractivity contribution in [1.29, 1.82) is 0 Å². The van der Waals surface area contributed by atoms with Crippen molar-refractivity contribution < 1.29 is 19.4 Å². The number of benzene rings is 1. The molecule has 0 amide bonds. The first-order valence-corrected chi connectivity index (χ1v) is 5.76. The molecule has 1 N–H and O–H groups in total. The molecule has 0 spiro atoms. The average molecular weight is 271 g/mol. The number of rotatable bonds is 5. The summed E-state index contributed by atoms with van der Waals surface area (Å²) in [6.45, 7) is 1.86. The topological polar surface area (TPSA) is 55.8 Å². The van der Waals surface area contributed by atoms with Crippen LogP contribution in [0.1, 0.15) is 18.9 Å². The molecule has 0 fully saturated rings. The van der Waals surface area contributed by atoms with Crippen molar-refractivity contribution in [3.05, 3.63) is 28.8 Å². The van der Waals surface area contributed by atoms with E-state index in [0.29, 0.717) is 34.1 Å². The van der Waals surface area contributed by atoms with Crippen molar-refractivity contribution in [2.45, 2.75) is 13.3 Å². The average Bonchev–Trinajstić information content (AvgIpc) is 2.35. The molecular formula is C13H15ClO4. The minimum atomic E-state index is -1.00. The zero-order valence-electron chi connectivity index (χ0n) is 10.5.